The van der Waals surface area contributed by atoms with Crippen LogP contribution in [0.5, 0.6) is 0 Å². The summed E-state index contributed by atoms with van der Waals surface area (Å²) < 4.78 is 1.02. The molecular weight excluding hydrogens is 246 g/mol. The van der Waals surface area contributed by atoms with Gasteiger partial charge in [0.1, 0.15) is 0 Å². The first kappa shape index (κ1) is 11.5. The number of anilines is 1. The summed E-state index contributed by atoms with van der Waals surface area (Å²) in [5.41, 5.74) is 2.01. The summed E-state index contributed by atoms with van der Waals surface area (Å²) >= 11 is 3.37. The highest BCUT2D eigenvalue weighted by Gasteiger charge is 2.06. The van der Waals surface area contributed by atoms with E-state index in [-0.39, 0.29) is 19.3 Å². The normalized spacial score (nSPS) is 10.6. The Bertz CT molecular complexity index is 300. The first-order chi connectivity index (χ1) is 6.67. The smallest absolute Gasteiger partial charge is 0.0723 e. The van der Waals surface area contributed by atoms with Gasteiger partial charge in [-0.3, -0.25) is 0 Å². The highest BCUT2D eigenvalue weighted by molar-refractivity contribution is 9.10. The third-order valence-corrected chi connectivity index (χ3v) is 2.48. The van der Waals surface area contributed by atoms with Gasteiger partial charge in [0, 0.05) is 10.2 Å². The third-order valence-electron chi connectivity index (χ3n) is 1.99. The van der Waals surface area contributed by atoms with Gasteiger partial charge in [-0.25, -0.2) is 0 Å². The van der Waals surface area contributed by atoms with Crippen molar-refractivity contribution in [2.45, 2.75) is 13.0 Å². The number of hydrogen-bond donors (Lipinski definition) is 3. The molecule has 0 heterocycles. The second kappa shape index (κ2) is 5.34. The van der Waals surface area contributed by atoms with E-state index < -0.39 is 0 Å². The predicted octanol–water partition coefficient (Wildman–Crippen LogP) is 1.52. The van der Waals surface area contributed by atoms with Crippen molar-refractivity contribution in [1.82, 2.24) is 0 Å². The van der Waals surface area contributed by atoms with Gasteiger partial charge in [-0.15, -0.1) is 0 Å². The van der Waals surface area contributed by atoms with Crippen LogP contribution in [0.4, 0.5) is 5.69 Å². The molecule has 0 radical (unpaired) electrons. The van der Waals surface area contributed by atoms with Crippen LogP contribution in [0.2, 0.25) is 0 Å². The Morgan fingerprint density at radius 1 is 1.36 bits per heavy atom. The number of rotatable bonds is 4. The van der Waals surface area contributed by atoms with Crippen molar-refractivity contribution < 1.29 is 10.2 Å². The van der Waals surface area contributed by atoms with Crippen molar-refractivity contribution >= 4 is 21.6 Å². The molecule has 1 aromatic rings. The largest absolute Gasteiger partial charge is 0.394 e. The van der Waals surface area contributed by atoms with Gasteiger partial charge in [-0.1, -0.05) is 15.9 Å². The lowest BCUT2D eigenvalue weighted by Crippen LogP contribution is -2.27. The summed E-state index contributed by atoms with van der Waals surface area (Å²) in [7, 11) is 0. The van der Waals surface area contributed by atoms with Crippen LogP contribution in [-0.4, -0.2) is 29.5 Å². The van der Waals surface area contributed by atoms with Crippen LogP contribution < -0.4 is 5.32 Å². The highest BCUT2D eigenvalue weighted by Crippen LogP contribution is 2.20. The molecule has 0 fully saturated rings. The Balaban J connectivity index is 2.76. The van der Waals surface area contributed by atoms with Crippen LogP contribution in [-0.2, 0) is 0 Å². The Labute approximate surface area is 91.9 Å². The van der Waals surface area contributed by atoms with Gasteiger partial charge >= 0.3 is 0 Å². The van der Waals surface area contributed by atoms with Gasteiger partial charge in [-0.2, -0.15) is 0 Å². The molecule has 0 aromatic heterocycles. The molecule has 1 rings (SSSR count). The maximum atomic E-state index is 8.90. The van der Waals surface area contributed by atoms with Crippen LogP contribution in [0, 0.1) is 6.92 Å². The molecule has 4 heteroatoms. The van der Waals surface area contributed by atoms with Crippen LogP contribution in [0.15, 0.2) is 22.7 Å². The Morgan fingerprint density at radius 2 is 2.00 bits per heavy atom. The van der Waals surface area contributed by atoms with E-state index in [1.54, 1.807) is 0 Å². The Hall–Kier alpha value is -0.580. The standard InChI is InChI=1S/C10H14BrNO2/c1-7-4-8(11)2-3-10(7)12-9(5-13)6-14/h2-4,9,12-14H,5-6H2,1H3. The van der Waals surface area contributed by atoms with E-state index in [1.165, 1.54) is 0 Å². The molecule has 0 unspecified atom stereocenters. The summed E-state index contributed by atoms with van der Waals surface area (Å²) in [6.07, 6.45) is 0. The fourth-order valence-electron chi connectivity index (χ4n) is 1.16. The molecule has 0 atom stereocenters. The Morgan fingerprint density at radius 3 is 2.50 bits per heavy atom. The minimum atomic E-state index is -0.296. The van der Waals surface area contributed by atoms with Gasteiger partial charge in [0.15, 0.2) is 0 Å². The lowest BCUT2D eigenvalue weighted by molar-refractivity contribution is 0.204. The number of aliphatic hydroxyl groups excluding tert-OH is 2. The third kappa shape index (κ3) is 2.97. The van der Waals surface area contributed by atoms with Crippen molar-refractivity contribution in [3.63, 3.8) is 0 Å². The van der Waals surface area contributed by atoms with E-state index >= 15 is 0 Å². The molecular formula is C10H14BrNO2. The monoisotopic (exact) mass is 259 g/mol. The van der Waals surface area contributed by atoms with Gasteiger partial charge < -0.3 is 15.5 Å². The van der Waals surface area contributed by atoms with Crippen molar-refractivity contribution in [2.24, 2.45) is 0 Å². The predicted molar refractivity (Wildman–Crippen MR) is 60.5 cm³/mol. The number of halogens is 1. The van der Waals surface area contributed by atoms with E-state index in [1.807, 2.05) is 25.1 Å². The molecule has 3 N–H and O–H groups in total. The molecule has 0 saturated carbocycles. The fraction of sp³-hybridized carbons (Fsp3) is 0.400. The quantitative estimate of drug-likeness (QED) is 0.769. The molecule has 1 aromatic carbocycles. The van der Waals surface area contributed by atoms with Crippen molar-refractivity contribution in [3.8, 4) is 0 Å². The second-order valence-electron chi connectivity index (χ2n) is 3.17. The average Bonchev–Trinajstić information content (AvgIpc) is 2.17. The fourth-order valence-corrected chi connectivity index (χ4v) is 1.63. The summed E-state index contributed by atoms with van der Waals surface area (Å²) in [4.78, 5) is 0. The van der Waals surface area contributed by atoms with E-state index in [9.17, 15) is 0 Å². The molecule has 0 saturated heterocycles. The summed E-state index contributed by atoms with van der Waals surface area (Å²) in [6, 6.07) is 5.52. The van der Waals surface area contributed by atoms with Crippen molar-refractivity contribution in [3.05, 3.63) is 28.2 Å². The number of hydrogen-bond acceptors (Lipinski definition) is 3. The lowest BCUT2D eigenvalue weighted by Gasteiger charge is -2.16. The van der Waals surface area contributed by atoms with E-state index in [4.69, 9.17) is 10.2 Å². The van der Waals surface area contributed by atoms with Crippen LogP contribution in [0.1, 0.15) is 5.56 Å². The molecule has 0 aliphatic rings. The SMILES string of the molecule is Cc1cc(Br)ccc1NC(CO)CO. The number of nitrogens with one attached hydrogen (secondary N) is 1. The molecule has 0 aliphatic heterocycles. The highest BCUT2D eigenvalue weighted by atomic mass is 79.9. The summed E-state index contributed by atoms with van der Waals surface area (Å²) in [5, 5.41) is 20.9. The topological polar surface area (TPSA) is 52.5 Å². The van der Waals surface area contributed by atoms with Gasteiger partial charge in [0.25, 0.3) is 0 Å². The van der Waals surface area contributed by atoms with Gasteiger partial charge in [0.2, 0.25) is 0 Å². The summed E-state index contributed by atoms with van der Waals surface area (Å²) in [5.74, 6) is 0. The number of aliphatic hydroxyl groups is 2. The van der Waals surface area contributed by atoms with E-state index in [2.05, 4.69) is 21.2 Å². The average molecular weight is 260 g/mol. The number of aryl methyl sites for hydroxylation is 1. The van der Waals surface area contributed by atoms with Crippen LogP contribution in [0.3, 0.4) is 0 Å². The zero-order valence-electron chi connectivity index (χ0n) is 8.00. The maximum Gasteiger partial charge on any atom is 0.0723 e. The van der Waals surface area contributed by atoms with Crippen molar-refractivity contribution in [1.29, 1.82) is 0 Å². The molecule has 0 bridgehead atoms. The first-order valence-electron chi connectivity index (χ1n) is 4.41. The van der Waals surface area contributed by atoms with Gasteiger partial charge in [0.05, 0.1) is 19.3 Å². The van der Waals surface area contributed by atoms with Crippen molar-refractivity contribution in [2.75, 3.05) is 18.5 Å². The Kier molecular flexibility index (Phi) is 4.38. The van der Waals surface area contributed by atoms with E-state index in [0.29, 0.717) is 0 Å². The summed E-state index contributed by atoms with van der Waals surface area (Å²) in [6.45, 7) is 1.82. The number of benzene rings is 1. The molecule has 3 nitrogen and oxygen atoms in total. The lowest BCUT2D eigenvalue weighted by atomic mass is 10.2. The second-order valence-corrected chi connectivity index (χ2v) is 4.08. The molecule has 0 amide bonds. The first-order valence-corrected chi connectivity index (χ1v) is 5.21. The maximum absolute atomic E-state index is 8.90. The van der Waals surface area contributed by atoms with Crippen LogP contribution in [0.25, 0.3) is 0 Å². The molecule has 0 spiro atoms. The van der Waals surface area contributed by atoms with Gasteiger partial charge in [-0.05, 0) is 30.7 Å². The minimum Gasteiger partial charge on any atom is -0.394 e. The zero-order valence-corrected chi connectivity index (χ0v) is 9.58. The van der Waals surface area contributed by atoms with Crippen LogP contribution >= 0.6 is 15.9 Å². The zero-order chi connectivity index (χ0) is 10.6. The van der Waals surface area contributed by atoms with E-state index in [0.717, 1.165) is 15.7 Å². The minimum absolute atomic E-state index is 0.0774. The molecule has 14 heavy (non-hydrogen) atoms. The molecule has 78 valence electrons. The molecule has 0 aliphatic carbocycles.